The summed E-state index contributed by atoms with van der Waals surface area (Å²) in [4.78, 5) is 41.7. The molecule has 0 radical (unpaired) electrons. The second kappa shape index (κ2) is 5.60. The molecule has 0 unspecified atom stereocenters. The number of aromatic amines is 1. The van der Waals surface area contributed by atoms with E-state index >= 15 is 0 Å². The van der Waals surface area contributed by atoms with Gasteiger partial charge in [0.1, 0.15) is 12.3 Å². The van der Waals surface area contributed by atoms with Crippen molar-refractivity contribution in [1.82, 2.24) is 9.55 Å². The fourth-order valence-electron chi connectivity index (χ4n) is 1.86. The van der Waals surface area contributed by atoms with Crippen molar-refractivity contribution in [3.05, 3.63) is 33.1 Å². The van der Waals surface area contributed by atoms with Gasteiger partial charge in [0.15, 0.2) is 0 Å². The standard InChI is InChI=1S/C9H13N2O8P/c12-5-3-8(11-2-1-7(13)10-9(11)14)19-6(5)4-18-20(15,16)17/h1-2,5-6,8,12H,3-4H2,(H,10,13,14)(H2,15,16,17)/t5-,6-,8-/m1/s1. The van der Waals surface area contributed by atoms with Gasteiger partial charge in [-0.25, -0.2) is 9.36 Å². The molecule has 1 aliphatic rings. The molecule has 0 spiro atoms. The summed E-state index contributed by atoms with van der Waals surface area (Å²) in [6.07, 6.45) is -1.64. The van der Waals surface area contributed by atoms with E-state index in [-0.39, 0.29) is 6.42 Å². The molecule has 2 rings (SSSR count). The summed E-state index contributed by atoms with van der Waals surface area (Å²) in [6.45, 7) is -0.514. The van der Waals surface area contributed by atoms with E-state index in [0.717, 1.165) is 10.6 Å². The van der Waals surface area contributed by atoms with E-state index in [1.54, 1.807) is 0 Å². The summed E-state index contributed by atoms with van der Waals surface area (Å²) in [5.41, 5.74) is -1.27. The Bertz CT molecular complexity index is 633. The van der Waals surface area contributed by atoms with Gasteiger partial charge in [-0.15, -0.1) is 0 Å². The van der Waals surface area contributed by atoms with Gasteiger partial charge in [-0.05, 0) is 0 Å². The number of aliphatic hydroxyl groups is 1. The van der Waals surface area contributed by atoms with Crippen LogP contribution in [0.4, 0.5) is 0 Å². The van der Waals surface area contributed by atoms with Crippen molar-refractivity contribution in [3.8, 4) is 0 Å². The Morgan fingerprint density at radius 2 is 2.20 bits per heavy atom. The number of aliphatic hydroxyl groups excluding tert-OH is 1. The summed E-state index contributed by atoms with van der Waals surface area (Å²) in [5.74, 6) is 0. The second-order valence-corrected chi connectivity index (χ2v) is 5.48. The van der Waals surface area contributed by atoms with E-state index in [0.29, 0.717) is 0 Å². The van der Waals surface area contributed by atoms with Crippen molar-refractivity contribution in [3.63, 3.8) is 0 Å². The first kappa shape index (κ1) is 15.1. The van der Waals surface area contributed by atoms with Gasteiger partial charge in [-0.2, -0.15) is 0 Å². The molecule has 20 heavy (non-hydrogen) atoms. The molecule has 0 saturated carbocycles. The number of hydrogen-bond acceptors (Lipinski definition) is 6. The lowest BCUT2D eigenvalue weighted by molar-refractivity contribution is -0.0450. The fraction of sp³-hybridized carbons (Fsp3) is 0.556. The molecular formula is C9H13N2O8P. The SMILES string of the molecule is O=c1ccn([C@H]2C[C@@H](O)[C@@H](COP(=O)(O)O)O2)c(=O)[nH]1. The van der Waals surface area contributed by atoms with Crippen LogP contribution in [0.2, 0.25) is 0 Å². The number of ether oxygens (including phenoxy) is 1. The van der Waals surface area contributed by atoms with E-state index in [1.165, 1.54) is 6.20 Å². The number of nitrogens with one attached hydrogen (secondary N) is 1. The highest BCUT2D eigenvalue weighted by atomic mass is 31.2. The number of H-pyrrole nitrogens is 1. The Morgan fingerprint density at radius 3 is 2.80 bits per heavy atom. The molecule has 0 amide bonds. The minimum absolute atomic E-state index is 0.0289. The molecule has 10 nitrogen and oxygen atoms in total. The second-order valence-electron chi connectivity index (χ2n) is 4.24. The minimum Gasteiger partial charge on any atom is -0.390 e. The number of nitrogens with zero attached hydrogens (tertiary/aromatic N) is 1. The van der Waals surface area contributed by atoms with Gasteiger partial charge in [-0.1, -0.05) is 0 Å². The third-order valence-corrected chi connectivity index (χ3v) is 3.26. The molecule has 3 atom stereocenters. The van der Waals surface area contributed by atoms with E-state index in [2.05, 4.69) is 4.52 Å². The zero-order valence-electron chi connectivity index (χ0n) is 10.1. The van der Waals surface area contributed by atoms with E-state index in [4.69, 9.17) is 14.5 Å². The molecule has 1 aromatic heterocycles. The quantitative estimate of drug-likeness (QED) is 0.480. The topological polar surface area (TPSA) is 151 Å². The smallest absolute Gasteiger partial charge is 0.390 e. The molecule has 0 aliphatic carbocycles. The van der Waals surface area contributed by atoms with E-state index in [1.807, 2.05) is 4.98 Å². The molecule has 0 aromatic carbocycles. The molecule has 0 bridgehead atoms. The van der Waals surface area contributed by atoms with Crippen molar-refractivity contribution >= 4 is 7.82 Å². The van der Waals surface area contributed by atoms with Crippen molar-refractivity contribution < 1.29 is 28.7 Å². The van der Waals surface area contributed by atoms with Crippen LogP contribution in [0.1, 0.15) is 12.6 Å². The number of aromatic nitrogens is 2. The maximum Gasteiger partial charge on any atom is 0.469 e. The number of hydrogen-bond donors (Lipinski definition) is 4. The first-order valence-electron chi connectivity index (χ1n) is 5.61. The van der Waals surface area contributed by atoms with Gasteiger partial charge >= 0.3 is 13.5 Å². The third-order valence-electron chi connectivity index (χ3n) is 2.77. The van der Waals surface area contributed by atoms with Crippen LogP contribution in [0.15, 0.2) is 21.9 Å². The van der Waals surface area contributed by atoms with Gasteiger partial charge in [0.05, 0.1) is 12.7 Å². The highest BCUT2D eigenvalue weighted by Gasteiger charge is 2.36. The lowest BCUT2D eigenvalue weighted by atomic mass is 10.2. The maximum atomic E-state index is 11.5. The van der Waals surface area contributed by atoms with Crippen molar-refractivity contribution in [2.45, 2.75) is 24.9 Å². The molecule has 1 aliphatic heterocycles. The van der Waals surface area contributed by atoms with Gasteiger partial charge in [0.25, 0.3) is 5.56 Å². The van der Waals surface area contributed by atoms with Crippen LogP contribution in [0.5, 0.6) is 0 Å². The Balaban J connectivity index is 2.08. The first-order chi connectivity index (χ1) is 9.26. The van der Waals surface area contributed by atoms with Crippen molar-refractivity contribution in [2.24, 2.45) is 0 Å². The summed E-state index contributed by atoms with van der Waals surface area (Å²) in [6, 6.07) is 1.12. The summed E-state index contributed by atoms with van der Waals surface area (Å²) >= 11 is 0. The Morgan fingerprint density at radius 1 is 1.50 bits per heavy atom. The Labute approximate surface area is 111 Å². The Hall–Kier alpha value is -1.29. The molecule has 1 saturated heterocycles. The van der Waals surface area contributed by atoms with Crippen molar-refractivity contribution in [1.29, 1.82) is 0 Å². The molecular weight excluding hydrogens is 295 g/mol. The normalized spacial score (nSPS) is 26.9. The minimum atomic E-state index is -4.66. The van der Waals surface area contributed by atoms with Crippen LogP contribution in [-0.4, -0.2) is 43.3 Å². The number of phosphoric ester groups is 1. The average molecular weight is 308 g/mol. The fourth-order valence-corrected chi connectivity index (χ4v) is 2.20. The zero-order chi connectivity index (χ0) is 14.9. The van der Waals surface area contributed by atoms with Crippen LogP contribution in [0, 0.1) is 0 Å². The van der Waals surface area contributed by atoms with E-state index in [9.17, 15) is 19.3 Å². The summed E-state index contributed by atoms with van der Waals surface area (Å²) in [5, 5.41) is 9.72. The number of phosphoric acid groups is 1. The van der Waals surface area contributed by atoms with Gasteiger partial charge in [0.2, 0.25) is 0 Å². The average Bonchev–Trinajstić information content (AvgIpc) is 2.67. The molecule has 4 N–H and O–H groups in total. The van der Waals surface area contributed by atoms with Crippen LogP contribution in [0.25, 0.3) is 0 Å². The highest BCUT2D eigenvalue weighted by Crippen LogP contribution is 2.37. The lowest BCUT2D eigenvalue weighted by Crippen LogP contribution is -2.31. The molecule has 1 aromatic rings. The van der Waals surface area contributed by atoms with Crippen LogP contribution < -0.4 is 11.2 Å². The molecule has 2 heterocycles. The van der Waals surface area contributed by atoms with Gasteiger partial charge in [0, 0.05) is 18.7 Å². The first-order valence-corrected chi connectivity index (χ1v) is 7.14. The van der Waals surface area contributed by atoms with Crippen molar-refractivity contribution in [2.75, 3.05) is 6.61 Å². The Kier molecular flexibility index (Phi) is 4.23. The largest absolute Gasteiger partial charge is 0.469 e. The lowest BCUT2D eigenvalue weighted by Gasteiger charge is -2.16. The van der Waals surface area contributed by atoms with Crippen LogP contribution in [-0.2, 0) is 13.8 Å². The molecule has 11 heteroatoms. The predicted octanol–water partition coefficient (Wildman–Crippen LogP) is -1.71. The van der Waals surface area contributed by atoms with Gasteiger partial charge in [-0.3, -0.25) is 18.9 Å². The summed E-state index contributed by atoms with van der Waals surface area (Å²) < 4.78 is 21.2. The summed E-state index contributed by atoms with van der Waals surface area (Å²) in [7, 11) is -4.66. The number of rotatable bonds is 4. The van der Waals surface area contributed by atoms with Gasteiger partial charge < -0.3 is 19.6 Å². The monoisotopic (exact) mass is 308 g/mol. The zero-order valence-corrected chi connectivity index (χ0v) is 11.0. The van der Waals surface area contributed by atoms with Crippen LogP contribution >= 0.6 is 7.82 Å². The predicted molar refractivity (Wildman–Crippen MR) is 63.9 cm³/mol. The highest BCUT2D eigenvalue weighted by molar-refractivity contribution is 7.46. The third kappa shape index (κ3) is 3.63. The molecule has 1 fully saturated rings. The van der Waals surface area contributed by atoms with E-state index < -0.39 is 44.1 Å². The maximum absolute atomic E-state index is 11.5. The van der Waals surface area contributed by atoms with Crippen LogP contribution in [0.3, 0.4) is 0 Å². The molecule has 112 valence electrons.